The lowest BCUT2D eigenvalue weighted by molar-refractivity contribution is -0.384. The van der Waals surface area contributed by atoms with E-state index in [0.29, 0.717) is 12.3 Å². The third-order valence-corrected chi connectivity index (χ3v) is 4.63. The first-order chi connectivity index (χ1) is 15.5. The Morgan fingerprint density at radius 1 is 1.19 bits per heavy atom. The van der Waals surface area contributed by atoms with E-state index in [0.717, 1.165) is 5.56 Å². The van der Waals surface area contributed by atoms with Crippen LogP contribution in [0.5, 0.6) is 5.75 Å². The Bertz CT molecular complexity index is 1250. The van der Waals surface area contributed by atoms with E-state index >= 15 is 0 Å². The SMILES string of the molecule is O=C(Nc1ncn(Cc2ccccc2)n1)c1ccc(COc2ccc([N+](=O)[O-])cc2Cl)o1. The first-order valence-corrected chi connectivity index (χ1v) is 9.76. The van der Waals surface area contributed by atoms with Gasteiger partial charge in [0.15, 0.2) is 5.76 Å². The summed E-state index contributed by atoms with van der Waals surface area (Å²) >= 11 is 6.00. The molecule has 0 aliphatic rings. The van der Waals surface area contributed by atoms with Crippen molar-refractivity contribution in [3.05, 3.63) is 99.2 Å². The number of halogens is 1. The second kappa shape index (κ2) is 9.31. The zero-order valence-electron chi connectivity index (χ0n) is 16.5. The van der Waals surface area contributed by atoms with Crippen LogP contribution >= 0.6 is 11.6 Å². The Morgan fingerprint density at radius 2 is 2.00 bits per heavy atom. The number of aromatic nitrogens is 3. The number of ether oxygens (including phenoxy) is 1. The number of hydrogen-bond donors (Lipinski definition) is 1. The molecule has 4 aromatic rings. The molecule has 0 aliphatic carbocycles. The maximum Gasteiger partial charge on any atom is 0.293 e. The number of anilines is 1. The molecule has 2 heterocycles. The van der Waals surface area contributed by atoms with E-state index in [-0.39, 0.29) is 34.8 Å². The molecule has 1 amide bonds. The van der Waals surface area contributed by atoms with Gasteiger partial charge in [-0.3, -0.25) is 20.2 Å². The summed E-state index contributed by atoms with van der Waals surface area (Å²) in [5.74, 6) is 0.317. The van der Waals surface area contributed by atoms with Crippen LogP contribution in [-0.4, -0.2) is 25.6 Å². The van der Waals surface area contributed by atoms with E-state index in [1.807, 2.05) is 30.3 Å². The largest absolute Gasteiger partial charge is 0.484 e. The maximum absolute atomic E-state index is 12.4. The number of non-ortho nitro benzene ring substituents is 1. The van der Waals surface area contributed by atoms with Crippen molar-refractivity contribution < 1.29 is 18.9 Å². The van der Waals surface area contributed by atoms with Gasteiger partial charge in [-0.2, -0.15) is 0 Å². The normalized spacial score (nSPS) is 10.7. The molecule has 0 saturated carbocycles. The zero-order valence-corrected chi connectivity index (χ0v) is 17.2. The quantitative estimate of drug-likeness (QED) is 0.311. The van der Waals surface area contributed by atoms with Gasteiger partial charge in [0, 0.05) is 12.1 Å². The zero-order chi connectivity index (χ0) is 22.5. The maximum atomic E-state index is 12.4. The Hall–Kier alpha value is -4.18. The van der Waals surface area contributed by atoms with Crippen LogP contribution in [0, 0.1) is 10.1 Å². The lowest BCUT2D eigenvalue weighted by atomic mass is 10.2. The molecule has 32 heavy (non-hydrogen) atoms. The Labute approximate surface area is 186 Å². The van der Waals surface area contributed by atoms with Gasteiger partial charge in [0.1, 0.15) is 24.4 Å². The van der Waals surface area contributed by atoms with Crippen molar-refractivity contribution in [1.82, 2.24) is 14.8 Å². The number of nitro benzene ring substituents is 1. The fourth-order valence-corrected chi connectivity index (χ4v) is 3.04. The lowest BCUT2D eigenvalue weighted by Gasteiger charge is -2.06. The summed E-state index contributed by atoms with van der Waals surface area (Å²) in [4.78, 5) is 26.7. The molecule has 0 fully saturated rings. The van der Waals surface area contributed by atoms with Crippen LogP contribution in [0.1, 0.15) is 21.9 Å². The van der Waals surface area contributed by atoms with E-state index in [9.17, 15) is 14.9 Å². The van der Waals surface area contributed by atoms with Gasteiger partial charge in [0.2, 0.25) is 5.95 Å². The average molecular weight is 454 g/mol. The van der Waals surface area contributed by atoms with E-state index in [1.54, 1.807) is 10.7 Å². The highest BCUT2D eigenvalue weighted by molar-refractivity contribution is 6.32. The second-order valence-electron chi connectivity index (χ2n) is 6.63. The Kier molecular flexibility index (Phi) is 6.13. The van der Waals surface area contributed by atoms with Gasteiger partial charge in [-0.05, 0) is 23.8 Å². The fourth-order valence-electron chi connectivity index (χ4n) is 2.81. The number of nitro groups is 1. The van der Waals surface area contributed by atoms with E-state index in [4.69, 9.17) is 20.8 Å². The van der Waals surface area contributed by atoms with Gasteiger partial charge in [-0.1, -0.05) is 41.9 Å². The van der Waals surface area contributed by atoms with E-state index in [1.165, 1.54) is 30.6 Å². The van der Waals surface area contributed by atoms with Gasteiger partial charge in [-0.15, -0.1) is 5.10 Å². The molecule has 2 aromatic carbocycles. The summed E-state index contributed by atoms with van der Waals surface area (Å²) < 4.78 is 12.6. The molecule has 10 nitrogen and oxygen atoms in total. The molecule has 4 rings (SSSR count). The van der Waals surface area contributed by atoms with E-state index in [2.05, 4.69) is 15.4 Å². The molecule has 2 aromatic heterocycles. The topological polar surface area (TPSA) is 125 Å². The van der Waals surface area contributed by atoms with Crippen LogP contribution < -0.4 is 10.1 Å². The molecule has 0 aliphatic heterocycles. The van der Waals surface area contributed by atoms with Crippen molar-refractivity contribution >= 4 is 29.1 Å². The average Bonchev–Trinajstić information content (AvgIpc) is 3.43. The van der Waals surface area contributed by atoms with Crippen LogP contribution in [0.4, 0.5) is 11.6 Å². The minimum atomic E-state index is -0.549. The molecule has 0 unspecified atom stereocenters. The highest BCUT2D eigenvalue weighted by Gasteiger charge is 2.15. The number of nitrogens with zero attached hydrogens (tertiary/aromatic N) is 4. The molecule has 0 saturated heterocycles. The number of nitrogens with one attached hydrogen (secondary N) is 1. The molecule has 162 valence electrons. The summed E-state index contributed by atoms with van der Waals surface area (Å²) in [5.41, 5.74) is 0.915. The highest BCUT2D eigenvalue weighted by atomic mass is 35.5. The summed E-state index contributed by atoms with van der Waals surface area (Å²) in [5, 5.41) is 17.7. The Morgan fingerprint density at radius 3 is 2.75 bits per heavy atom. The Balaban J connectivity index is 1.33. The van der Waals surface area contributed by atoms with Crippen LogP contribution in [0.3, 0.4) is 0 Å². The van der Waals surface area contributed by atoms with Gasteiger partial charge >= 0.3 is 0 Å². The molecular formula is C21H16ClN5O5. The number of carbonyl (C=O) groups excluding carboxylic acids is 1. The predicted molar refractivity (Wildman–Crippen MR) is 115 cm³/mol. The minimum Gasteiger partial charge on any atom is -0.484 e. The summed E-state index contributed by atoms with van der Waals surface area (Å²) in [7, 11) is 0. The molecule has 11 heteroatoms. The van der Waals surface area contributed by atoms with Gasteiger partial charge < -0.3 is 9.15 Å². The monoisotopic (exact) mass is 453 g/mol. The van der Waals surface area contributed by atoms with Gasteiger partial charge in [0.25, 0.3) is 11.6 Å². The van der Waals surface area contributed by atoms with Gasteiger partial charge in [0.05, 0.1) is 16.5 Å². The third-order valence-electron chi connectivity index (χ3n) is 4.33. The standard InChI is InChI=1S/C21H16ClN5O5/c22-17-10-15(27(29)30)6-8-18(17)31-12-16-7-9-19(32-16)20(28)24-21-23-13-26(25-21)11-14-4-2-1-3-5-14/h1-10,13H,11-12H2,(H,24,25,28). The molecule has 0 atom stereocenters. The third kappa shape index (κ3) is 5.10. The van der Waals surface area contributed by atoms with Crippen molar-refractivity contribution in [2.75, 3.05) is 5.32 Å². The van der Waals surface area contributed by atoms with Gasteiger partial charge in [-0.25, -0.2) is 9.67 Å². The van der Waals surface area contributed by atoms with Crippen LogP contribution in [0.2, 0.25) is 5.02 Å². The summed E-state index contributed by atoms with van der Waals surface area (Å²) in [6.45, 7) is 0.506. The van der Waals surface area contributed by atoms with Crippen LogP contribution in [-0.2, 0) is 13.2 Å². The molecule has 0 radical (unpaired) electrons. The smallest absolute Gasteiger partial charge is 0.293 e. The molecule has 1 N–H and O–H groups in total. The van der Waals surface area contributed by atoms with Crippen molar-refractivity contribution in [2.45, 2.75) is 13.2 Å². The van der Waals surface area contributed by atoms with Crippen molar-refractivity contribution in [2.24, 2.45) is 0 Å². The highest BCUT2D eigenvalue weighted by Crippen LogP contribution is 2.29. The molecule has 0 spiro atoms. The van der Waals surface area contributed by atoms with E-state index < -0.39 is 10.8 Å². The summed E-state index contributed by atoms with van der Waals surface area (Å²) in [6.07, 6.45) is 1.53. The number of hydrogen-bond acceptors (Lipinski definition) is 7. The number of benzene rings is 2. The number of rotatable bonds is 8. The fraction of sp³-hybridized carbons (Fsp3) is 0.0952. The molecule has 0 bridgehead atoms. The van der Waals surface area contributed by atoms with Crippen molar-refractivity contribution in [3.63, 3.8) is 0 Å². The first kappa shape index (κ1) is 21.1. The predicted octanol–water partition coefficient (Wildman–Crippen LogP) is 4.31. The first-order valence-electron chi connectivity index (χ1n) is 9.38. The summed E-state index contributed by atoms with van der Waals surface area (Å²) in [6, 6.07) is 16.7. The van der Waals surface area contributed by atoms with Crippen LogP contribution in [0.25, 0.3) is 0 Å². The number of furan rings is 1. The molecular weight excluding hydrogens is 438 g/mol. The minimum absolute atomic E-state index is 0.0191. The number of carbonyl (C=O) groups is 1. The van der Waals surface area contributed by atoms with Crippen molar-refractivity contribution in [3.8, 4) is 5.75 Å². The second-order valence-corrected chi connectivity index (χ2v) is 7.04. The lowest BCUT2D eigenvalue weighted by Crippen LogP contribution is -2.12. The number of amides is 1. The van der Waals surface area contributed by atoms with Crippen molar-refractivity contribution in [1.29, 1.82) is 0 Å². The van der Waals surface area contributed by atoms with Crippen LogP contribution in [0.15, 0.2) is 71.4 Å².